The number of allylic oxidation sites excluding steroid dienone is 4. The summed E-state index contributed by atoms with van der Waals surface area (Å²) in [6.45, 7) is 7.72. The lowest BCUT2D eigenvalue weighted by molar-refractivity contribution is -0.163. The SMILES string of the molecule is CCC/C=C\C/C=C\CCCCCCCC(=O)OCC(COCCCCCCCCCCCCCCCCCCCCCC)OC(=O)CCCCCCC. The molecule has 1 unspecified atom stereocenters. The minimum atomic E-state index is -0.530. The second kappa shape index (κ2) is 45.8. The molecule has 0 saturated heterocycles. The molecule has 54 heavy (non-hydrogen) atoms. The van der Waals surface area contributed by atoms with E-state index < -0.39 is 6.10 Å². The van der Waals surface area contributed by atoms with E-state index in [1.165, 1.54) is 161 Å². The van der Waals surface area contributed by atoms with E-state index in [1.807, 2.05) is 0 Å². The zero-order valence-electron chi connectivity index (χ0n) is 36.5. The molecule has 0 radical (unpaired) electrons. The Morgan fingerprint density at radius 2 is 0.815 bits per heavy atom. The van der Waals surface area contributed by atoms with Crippen molar-refractivity contribution in [2.45, 2.75) is 258 Å². The molecule has 1 atom stereocenters. The summed E-state index contributed by atoms with van der Waals surface area (Å²) in [4.78, 5) is 25.0. The first-order valence-corrected chi connectivity index (χ1v) is 23.9. The fourth-order valence-corrected chi connectivity index (χ4v) is 6.90. The molecule has 318 valence electrons. The zero-order valence-corrected chi connectivity index (χ0v) is 36.5. The number of rotatable bonds is 44. The third-order valence-corrected chi connectivity index (χ3v) is 10.5. The quantitative estimate of drug-likeness (QED) is 0.0352. The second-order valence-corrected chi connectivity index (χ2v) is 16.0. The third-order valence-electron chi connectivity index (χ3n) is 10.5. The van der Waals surface area contributed by atoms with Gasteiger partial charge in [-0.05, 0) is 44.9 Å². The van der Waals surface area contributed by atoms with Crippen LogP contribution in [-0.4, -0.2) is 37.9 Å². The van der Waals surface area contributed by atoms with Gasteiger partial charge in [0.15, 0.2) is 6.10 Å². The molecule has 0 bridgehead atoms. The Morgan fingerprint density at radius 1 is 0.407 bits per heavy atom. The van der Waals surface area contributed by atoms with Crippen LogP contribution in [0.1, 0.15) is 252 Å². The minimum absolute atomic E-state index is 0.0830. The highest BCUT2D eigenvalue weighted by Crippen LogP contribution is 2.16. The fourth-order valence-electron chi connectivity index (χ4n) is 6.90. The van der Waals surface area contributed by atoms with Crippen LogP contribution >= 0.6 is 0 Å². The number of hydrogen-bond donors (Lipinski definition) is 0. The normalized spacial score (nSPS) is 12.3. The molecular weight excluding hydrogens is 669 g/mol. The lowest BCUT2D eigenvalue weighted by atomic mass is 10.0. The highest BCUT2D eigenvalue weighted by molar-refractivity contribution is 5.70. The van der Waals surface area contributed by atoms with Crippen molar-refractivity contribution in [2.24, 2.45) is 0 Å². The van der Waals surface area contributed by atoms with Crippen LogP contribution in [0.5, 0.6) is 0 Å². The number of carbonyl (C=O) groups is 2. The Bertz CT molecular complexity index is 821. The standard InChI is InChI=1S/C49H92O5/c1-4-7-10-13-15-17-19-21-22-23-24-25-26-27-29-31-33-35-38-41-44-52-45-47(54-49(51)43-40-36-12-9-6-3)46-53-48(50)42-39-37-34-32-30-28-20-18-16-14-11-8-5-2/h11,14,18,20,47H,4-10,12-13,15-17,19,21-46H2,1-3H3/b14-11-,20-18-. The van der Waals surface area contributed by atoms with E-state index in [-0.39, 0.29) is 25.2 Å². The first-order chi connectivity index (χ1) is 26.6. The van der Waals surface area contributed by atoms with Crippen molar-refractivity contribution in [1.82, 2.24) is 0 Å². The van der Waals surface area contributed by atoms with Gasteiger partial charge in [0.25, 0.3) is 0 Å². The maximum Gasteiger partial charge on any atom is 0.306 e. The summed E-state index contributed by atoms with van der Waals surface area (Å²) in [6.07, 6.45) is 52.2. The van der Waals surface area contributed by atoms with Gasteiger partial charge in [-0.1, -0.05) is 218 Å². The van der Waals surface area contributed by atoms with Crippen molar-refractivity contribution in [3.8, 4) is 0 Å². The van der Waals surface area contributed by atoms with Crippen molar-refractivity contribution < 1.29 is 23.8 Å². The van der Waals surface area contributed by atoms with Crippen molar-refractivity contribution in [2.75, 3.05) is 19.8 Å². The summed E-state index contributed by atoms with van der Waals surface area (Å²) in [5.74, 6) is -0.415. The summed E-state index contributed by atoms with van der Waals surface area (Å²) in [7, 11) is 0. The first-order valence-electron chi connectivity index (χ1n) is 23.9. The molecule has 0 saturated carbocycles. The van der Waals surface area contributed by atoms with Gasteiger partial charge in [0.05, 0.1) is 6.61 Å². The van der Waals surface area contributed by atoms with Crippen LogP contribution in [0.3, 0.4) is 0 Å². The number of unbranched alkanes of at least 4 members (excludes halogenated alkanes) is 29. The molecule has 0 aliphatic rings. The van der Waals surface area contributed by atoms with E-state index in [0.717, 1.165) is 57.8 Å². The molecule has 0 aliphatic carbocycles. The Hall–Kier alpha value is -1.62. The van der Waals surface area contributed by atoms with Gasteiger partial charge in [-0.2, -0.15) is 0 Å². The molecule has 0 fully saturated rings. The molecule has 0 aromatic carbocycles. The molecule has 0 heterocycles. The molecule has 0 aromatic heterocycles. The zero-order chi connectivity index (χ0) is 39.3. The molecule has 0 spiro atoms. The van der Waals surface area contributed by atoms with Crippen LogP contribution in [0.4, 0.5) is 0 Å². The molecule has 5 nitrogen and oxygen atoms in total. The molecule has 0 amide bonds. The maximum absolute atomic E-state index is 12.5. The number of ether oxygens (including phenoxy) is 3. The van der Waals surface area contributed by atoms with Gasteiger partial charge in [-0.25, -0.2) is 0 Å². The second-order valence-electron chi connectivity index (χ2n) is 16.0. The number of esters is 2. The number of hydrogen-bond acceptors (Lipinski definition) is 5. The van der Waals surface area contributed by atoms with Gasteiger partial charge in [0.1, 0.15) is 6.61 Å². The predicted molar refractivity (Wildman–Crippen MR) is 233 cm³/mol. The summed E-state index contributed by atoms with van der Waals surface area (Å²) in [5.41, 5.74) is 0. The van der Waals surface area contributed by atoms with Crippen LogP contribution in [0.15, 0.2) is 24.3 Å². The number of carbonyl (C=O) groups excluding carboxylic acids is 2. The third kappa shape index (κ3) is 43.1. The van der Waals surface area contributed by atoms with Gasteiger partial charge >= 0.3 is 11.9 Å². The molecule has 0 aliphatic heterocycles. The Morgan fingerprint density at radius 3 is 1.30 bits per heavy atom. The maximum atomic E-state index is 12.5. The van der Waals surface area contributed by atoms with Gasteiger partial charge < -0.3 is 14.2 Å². The van der Waals surface area contributed by atoms with E-state index in [4.69, 9.17) is 14.2 Å². The minimum Gasteiger partial charge on any atom is -0.462 e. The van der Waals surface area contributed by atoms with E-state index in [1.54, 1.807) is 0 Å². The molecule has 0 N–H and O–H groups in total. The monoisotopic (exact) mass is 761 g/mol. The Labute approximate surface area is 337 Å². The van der Waals surface area contributed by atoms with E-state index in [0.29, 0.717) is 19.4 Å². The van der Waals surface area contributed by atoms with Crippen molar-refractivity contribution in [3.63, 3.8) is 0 Å². The first kappa shape index (κ1) is 52.4. The molecule has 5 heteroatoms. The fraction of sp³-hybridized carbons (Fsp3) is 0.878. The van der Waals surface area contributed by atoms with E-state index >= 15 is 0 Å². The molecular formula is C49H92O5. The van der Waals surface area contributed by atoms with Crippen molar-refractivity contribution in [1.29, 1.82) is 0 Å². The average molecular weight is 761 g/mol. The van der Waals surface area contributed by atoms with Crippen LogP contribution in [0.2, 0.25) is 0 Å². The van der Waals surface area contributed by atoms with E-state index in [2.05, 4.69) is 45.1 Å². The van der Waals surface area contributed by atoms with Crippen LogP contribution < -0.4 is 0 Å². The Balaban J connectivity index is 3.97. The average Bonchev–Trinajstić information content (AvgIpc) is 3.17. The molecule has 0 rings (SSSR count). The molecule has 0 aromatic rings. The topological polar surface area (TPSA) is 61.8 Å². The highest BCUT2D eigenvalue weighted by Gasteiger charge is 2.17. The van der Waals surface area contributed by atoms with Gasteiger partial charge in [-0.15, -0.1) is 0 Å². The highest BCUT2D eigenvalue weighted by atomic mass is 16.6. The summed E-state index contributed by atoms with van der Waals surface area (Å²) in [5, 5.41) is 0. The Kier molecular flexibility index (Phi) is 44.4. The van der Waals surface area contributed by atoms with Crippen LogP contribution in [0.25, 0.3) is 0 Å². The van der Waals surface area contributed by atoms with Crippen molar-refractivity contribution in [3.05, 3.63) is 24.3 Å². The smallest absolute Gasteiger partial charge is 0.306 e. The van der Waals surface area contributed by atoms with Crippen LogP contribution in [0, 0.1) is 0 Å². The predicted octanol–water partition coefficient (Wildman–Crippen LogP) is 15.7. The van der Waals surface area contributed by atoms with Crippen LogP contribution in [-0.2, 0) is 23.8 Å². The van der Waals surface area contributed by atoms with Gasteiger partial charge in [0.2, 0.25) is 0 Å². The summed E-state index contributed by atoms with van der Waals surface area (Å²) in [6, 6.07) is 0. The van der Waals surface area contributed by atoms with E-state index in [9.17, 15) is 9.59 Å². The summed E-state index contributed by atoms with van der Waals surface area (Å²) < 4.78 is 17.2. The lowest BCUT2D eigenvalue weighted by Gasteiger charge is -2.18. The van der Waals surface area contributed by atoms with Gasteiger partial charge in [0, 0.05) is 19.4 Å². The lowest BCUT2D eigenvalue weighted by Crippen LogP contribution is -2.30. The van der Waals surface area contributed by atoms with Crippen molar-refractivity contribution >= 4 is 11.9 Å². The largest absolute Gasteiger partial charge is 0.462 e. The van der Waals surface area contributed by atoms with Gasteiger partial charge in [-0.3, -0.25) is 9.59 Å². The summed E-state index contributed by atoms with van der Waals surface area (Å²) >= 11 is 0.